The van der Waals surface area contributed by atoms with Crippen LogP contribution in [0.2, 0.25) is 0 Å². The third kappa shape index (κ3) is 5.16. The van der Waals surface area contributed by atoms with E-state index in [0.717, 1.165) is 59.4 Å². The summed E-state index contributed by atoms with van der Waals surface area (Å²) < 4.78 is 5.94. The summed E-state index contributed by atoms with van der Waals surface area (Å²) >= 11 is 3.52. The highest BCUT2D eigenvalue weighted by Crippen LogP contribution is 2.36. The minimum absolute atomic E-state index is 0.0445. The first-order valence-electron chi connectivity index (χ1n) is 12.0. The lowest BCUT2D eigenvalue weighted by molar-refractivity contribution is -0.144. The lowest BCUT2D eigenvalue weighted by Gasteiger charge is -2.33. The Morgan fingerprint density at radius 2 is 1.94 bits per heavy atom. The number of rotatable bonds is 8. The highest BCUT2D eigenvalue weighted by atomic mass is 79.9. The second kappa shape index (κ2) is 10.8. The van der Waals surface area contributed by atoms with Crippen LogP contribution in [0.5, 0.6) is 5.88 Å². The molecule has 0 amide bonds. The van der Waals surface area contributed by atoms with Crippen LogP contribution in [0.25, 0.3) is 10.9 Å². The van der Waals surface area contributed by atoms with Crippen molar-refractivity contribution in [3.8, 4) is 5.88 Å². The predicted molar refractivity (Wildman–Crippen MR) is 142 cm³/mol. The van der Waals surface area contributed by atoms with E-state index in [2.05, 4.69) is 35.9 Å². The number of oxime groups is 1. The van der Waals surface area contributed by atoms with E-state index in [9.17, 15) is 9.90 Å². The fraction of sp³-hybridized carbons (Fsp3) is 0.346. The van der Waals surface area contributed by atoms with Crippen molar-refractivity contribution < 1.29 is 19.5 Å². The summed E-state index contributed by atoms with van der Waals surface area (Å²) in [5.74, 6) is -0.129. The molecule has 1 saturated heterocycles. The molecule has 188 valence electrons. The Morgan fingerprint density at radius 1 is 1.17 bits per heavy atom. The molecule has 1 aromatic heterocycles. The number of halogens is 1. The van der Waals surface area contributed by atoms with Crippen molar-refractivity contribution in [2.75, 3.05) is 52.5 Å². The van der Waals surface area contributed by atoms with E-state index >= 15 is 0 Å². The zero-order valence-electron chi connectivity index (χ0n) is 20.0. The van der Waals surface area contributed by atoms with Crippen LogP contribution in [0.1, 0.15) is 18.1 Å². The summed E-state index contributed by atoms with van der Waals surface area (Å²) in [6, 6.07) is 13.5. The molecule has 2 aliphatic rings. The molecule has 0 radical (unpaired) electrons. The third-order valence-electron chi connectivity index (χ3n) is 6.37. The number of hydrogen-bond acceptors (Lipinski definition) is 8. The van der Waals surface area contributed by atoms with Gasteiger partial charge in [0.05, 0.1) is 24.4 Å². The molecule has 0 spiro atoms. The fourth-order valence-corrected chi connectivity index (χ4v) is 4.93. The molecule has 0 unspecified atom stereocenters. The van der Waals surface area contributed by atoms with Gasteiger partial charge in [0.15, 0.2) is 5.88 Å². The molecule has 3 aromatic rings. The maximum Gasteiger partial charge on any atom is 0.320 e. The van der Waals surface area contributed by atoms with Crippen molar-refractivity contribution in [3.63, 3.8) is 0 Å². The van der Waals surface area contributed by atoms with E-state index in [1.54, 1.807) is 0 Å². The number of benzene rings is 2. The van der Waals surface area contributed by atoms with Crippen LogP contribution in [-0.4, -0.2) is 89.8 Å². The Hall–Kier alpha value is -3.21. The van der Waals surface area contributed by atoms with E-state index in [4.69, 9.17) is 14.6 Å². The molecular formula is C26H28BrN5O4. The van der Waals surface area contributed by atoms with Gasteiger partial charge in [0, 0.05) is 53.7 Å². The van der Waals surface area contributed by atoms with Gasteiger partial charge >= 0.3 is 5.97 Å². The number of aromatic nitrogens is 1. The summed E-state index contributed by atoms with van der Waals surface area (Å²) in [6.45, 7) is 7.05. The lowest BCUT2D eigenvalue weighted by atomic mass is 10.0. The van der Waals surface area contributed by atoms with Crippen LogP contribution < -0.4 is 0 Å². The van der Waals surface area contributed by atoms with Crippen molar-refractivity contribution in [1.29, 1.82) is 0 Å². The Morgan fingerprint density at radius 3 is 2.75 bits per heavy atom. The van der Waals surface area contributed by atoms with Crippen molar-refractivity contribution >= 4 is 49.9 Å². The third-order valence-corrected chi connectivity index (χ3v) is 6.86. The number of esters is 1. The first kappa shape index (κ1) is 24.5. The number of H-pyrrole nitrogens is 1. The van der Waals surface area contributed by atoms with Crippen molar-refractivity contribution in [3.05, 3.63) is 58.1 Å². The maximum atomic E-state index is 11.7. The van der Waals surface area contributed by atoms with Crippen LogP contribution in [0.4, 0.5) is 5.69 Å². The number of aliphatic imine (C=N–C) groups is 1. The monoisotopic (exact) mass is 553 g/mol. The van der Waals surface area contributed by atoms with E-state index in [0.29, 0.717) is 36.7 Å². The number of piperazine rings is 1. The summed E-state index contributed by atoms with van der Waals surface area (Å²) in [5, 5.41) is 16.1. The van der Waals surface area contributed by atoms with Crippen LogP contribution in [0.3, 0.4) is 0 Å². The number of fused-ring (bicyclic) bond motifs is 2. The molecule has 10 heteroatoms. The molecule has 3 heterocycles. The number of nitrogens with one attached hydrogen (secondary N) is 1. The molecule has 9 nitrogen and oxygen atoms in total. The van der Waals surface area contributed by atoms with Gasteiger partial charge in [-0.2, -0.15) is 0 Å². The van der Waals surface area contributed by atoms with E-state index in [1.165, 1.54) is 0 Å². The Labute approximate surface area is 217 Å². The second-order valence-electron chi connectivity index (χ2n) is 8.71. The smallest absolute Gasteiger partial charge is 0.320 e. The van der Waals surface area contributed by atoms with Gasteiger partial charge in [0.25, 0.3) is 0 Å². The van der Waals surface area contributed by atoms with Crippen molar-refractivity contribution in [1.82, 2.24) is 14.8 Å². The zero-order chi connectivity index (χ0) is 25.1. The molecule has 1 fully saturated rings. The topological polar surface area (TPSA) is 103 Å². The largest absolute Gasteiger partial charge is 0.494 e. The molecule has 0 bridgehead atoms. The second-order valence-corrected chi connectivity index (χ2v) is 9.63. The van der Waals surface area contributed by atoms with E-state index in [-0.39, 0.29) is 11.8 Å². The number of para-hydroxylation sites is 1. The highest BCUT2D eigenvalue weighted by molar-refractivity contribution is 9.10. The number of carbonyl (C=O) groups is 1. The molecule has 36 heavy (non-hydrogen) atoms. The molecule has 5 rings (SSSR count). The quantitative estimate of drug-likeness (QED) is 0.250. The van der Waals surface area contributed by atoms with Gasteiger partial charge in [-0.1, -0.05) is 39.3 Å². The average Bonchev–Trinajstić information content (AvgIpc) is 3.38. The van der Waals surface area contributed by atoms with Gasteiger partial charge in [0.2, 0.25) is 0 Å². The van der Waals surface area contributed by atoms with Gasteiger partial charge in [-0.3, -0.25) is 14.6 Å². The lowest BCUT2D eigenvalue weighted by Crippen LogP contribution is -2.48. The van der Waals surface area contributed by atoms with Gasteiger partial charge < -0.3 is 19.7 Å². The summed E-state index contributed by atoms with van der Waals surface area (Å²) in [5.41, 5.74) is 4.24. The minimum Gasteiger partial charge on any atom is -0.494 e. The van der Waals surface area contributed by atoms with E-state index < -0.39 is 0 Å². The molecular weight excluding hydrogens is 526 g/mol. The number of aromatic amines is 1. The van der Waals surface area contributed by atoms with Gasteiger partial charge in [-0.05, 0) is 31.2 Å². The number of ether oxygens (including phenoxy) is 1. The Kier molecular flexibility index (Phi) is 7.35. The summed E-state index contributed by atoms with van der Waals surface area (Å²) in [6.07, 6.45) is 0. The standard InChI is InChI=1S/C26H28BrN5O4/c1-2-35-22(33)16-32-11-9-31(10-12-32)13-14-36-30-24-18-5-3-4-6-20(18)28-25(24)23-19-15-17(27)7-8-21(19)29-26(23)34/h3-8,15,29,34H,2,9-14,16H2,1H3. The molecule has 2 aliphatic heterocycles. The van der Waals surface area contributed by atoms with E-state index in [1.807, 2.05) is 49.4 Å². The van der Waals surface area contributed by atoms with Crippen molar-refractivity contribution in [2.24, 2.45) is 10.1 Å². The molecule has 0 aliphatic carbocycles. The van der Waals surface area contributed by atoms with Crippen LogP contribution in [0, 0.1) is 0 Å². The average molecular weight is 554 g/mol. The van der Waals surface area contributed by atoms with Gasteiger partial charge in [0.1, 0.15) is 18.0 Å². The zero-order valence-corrected chi connectivity index (χ0v) is 21.6. The molecule has 2 aromatic carbocycles. The minimum atomic E-state index is -0.173. The normalized spacial score (nSPS) is 17.4. The van der Waals surface area contributed by atoms with Crippen LogP contribution in [-0.2, 0) is 14.4 Å². The first-order chi connectivity index (χ1) is 17.5. The van der Waals surface area contributed by atoms with Gasteiger partial charge in [-0.15, -0.1) is 0 Å². The maximum absolute atomic E-state index is 11.7. The predicted octanol–water partition coefficient (Wildman–Crippen LogP) is 3.67. The summed E-state index contributed by atoms with van der Waals surface area (Å²) in [4.78, 5) is 29.7. The number of hydrogen-bond donors (Lipinski definition) is 2. The number of carbonyl (C=O) groups excluding carboxylic acids is 1. The number of nitrogens with zero attached hydrogens (tertiary/aromatic N) is 4. The van der Waals surface area contributed by atoms with Gasteiger partial charge in [-0.25, -0.2) is 4.99 Å². The molecule has 0 saturated carbocycles. The highest BCUT2D eigenvalue weighted by Gasteiger charge is 2.29. The SMILES string of the molecule is CCOC(=O)CN1CCN(CCON=C2C(c3c(O)[nH]c4ccc(Br)cc34)=Nc3ccccc32)CC1. The first-order valence-corrected chi connectivity index (χ1v) is 12.8. The van der Waals surface area contributed by atoms with Crippen LogP contribution in [0.15, 0.2) is 57.1 Å². The van der Waals surface area contributed by atoms with Crippen LogP contribution >= 0.6 is 15.9 Å². The fourth-order valence-electron chi connectivity index (χ4n) is 4.57. The summed E-state index contributed by atoms with van der Waals surface area (Å²) in [7, 11) is 0. The molecule has 2 N–H and O–H groups in total. The Bertz CT molecular complexity index is 1330. The number of aromatic hydroxyl groups is 1. The van der Waals surface area contributed by atoms with Crippen molar-refractivity contribution in [2.45, 2.75) is 6.92 Å². The molecule has 0 atom stereocenters. The Balaban J connectivity index is 1.26.